The fraction of sp³-hybridized carbons (Fsp3) is 0.417. The number of aliphatic hydroxyl groups excluding tert-OH is 1. The van der Waals surface area contributed by atoms with E-state index in [0.29, 0.717) is 13.1 Å². The third kappa shape index (κ3) is 2.19. The molecule has 0 bridgehead atoms. The zero-order valence-electron chi connectivity index (χ0n) is 9.59. The molecule has 0 aromatic heterocycles. The van der Waals surface area contributed by atoms with Gasteiger partial charge in [0.05, 0.1) is 13.7 Å². The van der Waals surface area contributed by atoms with Crippen LogP contribution >= 0.6 is 0 Å². The molecule has 5 nitrogen and oxygen atoms in total. The summed E-state index contributed by atoms with van der Waals surface area (Å²) in [5, 5.41) is 18.3. The first-order chi connectivity index (χ1) is 8.15. The lowest BCUT2D eigenvalue weighted by atomic mass is 9.90. The Morgan fingerprint density at radius 3 is 2.94 bits per heavy atom. The van der Waals surface area contributed by atoms with Crippen LogP contribution in [0.25, 0.3) is 0 Å². The van der Waals surface area contributed by atoms with Crippen molar-refractivity contribution in [1.29, 1.82) is 0 Å². The third-order valence-electron chi connectivity index (χ3n) is 3.09. The van der Waals surface area contributed by atoms with Crippen LogP contribution in [-0.2, 0) is 6.54 Å². The molecule has 0 fully saturated rings. The van der Waals surface area contributed by atoms with Gasteiger partial charge in [0.15, 0.2) is 0 Å². The lowest BCUT2D eigenvalue weighted by Gasteiger charge is -2.32. The number of hydrogen-bond donors (Lipinski definition) is 2. The quantitative estimate of drug-likeness (QED) is 0.812. The Morgan fingerprint density at radius 1 is 1.59 bits per heavy atom. The molecular weight excluding hydrogens is 222 g/mol. The van der Waals surface area contributed by atoms with Gasteiger partial charge in [0.1, 0.15) is 5.75 Å². The first kappa shape index (κ1) is 11.7. The molecule has 1 atom stereocenters. The van der Waals surface area contributed by atoms with E-state index in [4.69, 9.17) is 9.84 Å². The lowest BCUT2D eigenvalue weighted by molar-refractivity contribution is 0.126. The number of benzene rings is 1. The summed E-state index contributed by atoms with van der Waals surface area (Å²) >= 11 is 0. The van der Waals surface area contributed by atoms with Crippen molar-refractivity contribution >= 4 is 6.09 Å². The van der Waals surface area contributed by atoms with Crippen LogP contribution < -0.4 is 4.74 Å². The van der Waals surface area contributed by atoms with Crippen LogP contribution in [-0.4, -0.2) is 41.5 Å². The van der Waals surface area contributed by atoms with E-state index in [0.717, 1.165) is 16.9 Å². The number of carboxylic acid groups (broad SMARTS) is 1. The van der Waals surface area contributed by atoms with Gasteiger partial charge in [0.2, 0.25) is 0 Å². The number of amides is 1. The predicted molar refractivity (Wildman–Crippen MR) is 61.3 cm³/mol. The first-order valence-electron chi connectivity index (χ1n) is 5.41. The van der Waals surface area contributed by atoms with E-state index in [1.165, 1.54) is 4.90 Å². The zero-order valence-corrected chi connectivity index (χ0v) is 9.59. The molecule has 1 aliphatic rings. The number of hydrogen-bond acceptors (Lipinski definition) is 3. The summed E-state index contributed by atoms with van der Waals surface area (Å²) in [6, 6.07) is 5.53. The van der Waals surface area contributed by atoms with Gasteiger partial charge in [-0.1, -0.05) is 6.07 Å². The summed E-state index contributed by atoms with van der Waals surface area (Å²) in [5.74, 6) is 0.552. The summed E-state index contributed by atoms with van der Waals surface area (Å²) in [4.78, 5) is 12.3. The first-order valence-corrected chi connectivity index (χ1v) is 5.41. The molecule has 5 heteroatoms. The molecule has 2 rings (SSSR count). The van der Waals surface area contributed by atoms with E-state index in [1.54, 1.807) is 13.2 Å². The van der Waals surface area contributed by atoms with Gasteiger partial charge in [-0.2, -0.15) is 0 Å². The second-order valence-electron chi connectivity index (χ2n) is 4.11. The van der Waals surface area contributed by atoms with Crippen LogP contribution in [0.15, 0.2) is 18.2 Å². The minimum absolute atomic E-state index is 0.0655. The van der Waals surface area contributed by atoms with Gasteiger partial charge in [0, 0.05) is 19.0 Å². The van der Waals surface area contributed by atoms with E-state index in [1.807, 2.05) is 12.1 Å². The normalized spacial score (nSPS) is 18.7. The highest BCUT2D eigenvalue weighted by Crippen LogP contribution is 2.31. The van der Waals surface area contributed by atoms with Crippen LogP contribution in [0.4, 0.5) is 4.79 Å². The van der Waals surface area contributed by atoms with E-state index in [-0.39, 0.29) is 12.5 Å². The van der Waals surface area contributed by atoms with Gasteiger partial charge in [0.25, 0.3) is 0 Å². The van der Waals surface area contributed by atoms with Gasteiger partial charge in [-0.25, -0.2) is 4.79 Å². The maximum Gasteiger partial charge on any atom is 0.407 e. The highest BCUT2D eigenvalue weighted by molar-refractivity contribution is 5.66. The van der Waals surface area contributed by atoms with E-state index >= 15 is 0 Å². The van der Waals surface area contributed by atoms with Crippen molar-refractivity contribution in [1.82, 2.24) is 4.90 Å². The molecule has 0 spiro atoms. The molecule has 0 radical (unpaired) electrons. The van der Waals surface area contributed by atoms with Gasteiger partial charge in [-0.05, 0) is 23.3 Å². The van der Waals surface area contributed by atoms with Gasteiger partial charge < -0.3 is 19.8 Å². The Hall–Kier alpha value is -1.75. The van der Waals surface area contributed by atoms with Crippen LogP contribution in [0.3, 0.4) is 0 Å². The number of fused-ring (bicyclic) bond motifs is 1. The molecule has 1 aromatic carbocycles. The van der Waals surface area contributed by atoms with Crippen molar-refractivity contribution < 1.29 is 19.7 Å². The van der Waals surface area contributed by atoms with Crippen LogP contribution in [0.5, 0.6) is 5.75 Å². The van der Waals surface area contributed by atoms with E-state index in [2.05, 4.69) is 0 Å². The Bertz CT molecular complexity index is 433. The van der Waals surface area contributed by atoms with E-state index in [9.17, 15) is 9.90 Å². The molecule has 1 amide bonds. The Labute approximate surface area is 99.2 Å². The Kier molecular flexibility index (Phi) is 3.19. The number of methoxy groups -OCH3 is 1. The number of carbonyl (C=O) groups is 1. The van der Waals surface area contributed by atoms with Gasteiger partial charge in [-0.15, -0.1) is 0 Å². The highest BCUT2D eigenvalue weighted by atomic mass is 16.5. The summed E-state index contributed by atoms with van der Waals surface area (Å²) in [6.07, 6.45) is -0.954. The topological polar surface area (TPSA) is 70.0 Å². The average molecular weight is 237 g/mol. The zero-order chi connectivity index (χ0) is 12.4. The second-order valence-corrected chi connectivity index (χ2v) is 4.11. The number of nitrogens with zero attached hydrogens (tertiary/aromatic N) is 1. The van der Waals surface area contributed by atoms with Crippen molar-refractivity contribution in [2.45, 2.75) is 12.5 Å². The van der Waals surface area contributed by atoms with E-state index < -0.39 is 6.09 Å². The summed E-state index contributed by atoms with van der Waals surface area (Å²) < 4.78 is 5.14. The molecule has 92 valence electrons. The summed E-state index contributed by atoms with van der Waals surface area (Å²) in [7, 11) is 1.59. The molecule has 0 saturated heterocycles. The molecule has 2 N–H and O–H groups in total. The second kappa shape index (κ2) is 4.63. The third-order valence-corrected chi connectivity index (χ3v) is 3.09. The van der Waals surface area contributed by atoms with Crippen LogP contribution in [0.2, 0.25) is 0 Å². The number of ether oxygens (including phenoxy) is 1. The average Bonchev–Trinajstić information content (AvgIpc) is 2.36. The van der Waals surface area contributed by atoms with Crippen molar-refractivity contribution in [3.8, 4) is 5.75 Å². The number of rotatable bonds is 2. The molecule has 1 heterocycles. The monoisotopic (exact) mass is 237 g/mol. The Morgan fingerprint density at radius 2 is 2.35 bits per heavy atom. The Balaban J connectivity index is 2.36. The maximum absolute atomic E-state index is 11.0. The molecule has 1 aliphatic heterocycles. The minimum Gasteiger partial charge on any atom is -0.497 e. The molecule has 1 aromatic rings. The predicted octanol–water partition coefficient (Wildman–Crippen LogP) is 1.26. The molecule has 1 unspecified atom stereocenters. The van der Waals surface area contributed by atoms with Crippen molar-refractivity contribution in [2.75, 3.05) is 20.3 Å². The molecular formula is C12H15NO4. The fourth-order valence-electron chi connectivity index (χ4n) is 2.16. The van der Waals surface area contributed by atoms with Gasteiger partial charge >= 0.3 is 6.09 Å². The largest absolute Gasteiger partial charge is 0.497 e. The van der Waals surface area contributed by atoms with Crippen molar-refractivity contribution in [3.63, 3.8) is 0 Å². The van der Waals surface area contributed by atoms with Crippen LogP contribution in [0.1, 0.15) is 17.0 Å². The van der Waals surface area contributed by atoms with Crippen molar-refractivity contribution in [3.05, 3.63) is 29.3 Å². The molecule has 17 heavy (non-hydrogen) atoms. The SMILES string of the molecule is COc1ccc2c(c1)C(CO)CN(C(=O)O)C2. The molecule has 0 saturated carbocycles. The maximum atomic E-state index is 11.0. The summed E-state index contributed by atoms with van der Waals surface area (Å²) in [6.45, 7) is 0.626. The smallest absolute Gasteiger partial charge is 0.407 e. The minimum atomic E-state index is -0.954. The fourth-order valence-corrected chi connectivity index (χ4v) is 2.16. The standard InChI is InChI=1S/C12H15NO4/c1-17-10-3-2-8-5-13(12(15)16)6-9(7-14)11(8)4-10/h2-4,9,14H,5-7H2,1H3,(H,15,16). The van der Waals surface area contributed by atoms with Crippen LogP contribution in [0, 0.1) is 0 Å². The highest BCUT2D eigenvalue weighted by Gasteiger charge is 2.27. The molecule has 0 aliphatic carbocycles. The van der Waals surface area contributed by atoms with Crippen molar-refractivity contribution in [2.24, 2.45) is 0 Å². The van der Waals surface area contributed by atoms with Gasteiger partial charge in [-0.3, -0.25) is 0 Å². The summed E-state index contributed by atoms with van der Waals surface area (Å²) in [5.41, 5.74) is 1.91. The lowest BCUT2D eigenvalue weighted by Crippen LogP contribution is -2.38. The number of aliphatic hydroxyl groups is 1.